The summed E-state index contributed by atoms with van der Waals surface area (Å²) in [6.07, 6.45) is 5.34. The maximum Gasteiger partial charge on any atom is 0.246 e. The molecule has 1 unspecified atom stereocenters. The minimum atomic E-state index is 0.0231. The lowest BCUT2D eigenvalue weighted by atomic mass is 10.1. The Morgan fingerprint density at radius 3 is 3.04 bits per heavy atom. The van der Waals surface area contributed by atoms with Gasteiger partial charge in [0.2, 0.25) is 5.91 Å². The highest BCUT2D eigenvalue weighted by molar-refractivity contribution is 5.95. The summed E-state index contributed by atoms with van der Waals surface area (Å²) in [5.41, 5.74) is 1.87. The quantitative estimate of drug-likeness (QED) is 0.807. The molecule has 0 bridgehead atoms. The summed E-state index contributed by atoms with van der Waals surface area (Å²) in [7, 11) is 4.02. The Kier molecular flexibility index (Phi) is 5.23. The van der Waals surface area contributed by atoms with Crippen molar-refractivity contribution in [3.8, 4) is 0 Å². The molecule has 3 rings (SSSR count). The molecule has 0 saturated carbocycles. The van der Waals surface area contributed by atoms with Gasteiger partial charge in [0.25, 0.3) is 0 Å². The number of para-hydroxylation sites is 1. The minimum Gasteiger partial charge on any atom is -0.373 e. The second-order valence-electron chi connectivity index (χ2n) is 6.29. The van der Waals surface area contributed by atoms with Crippen LogP contribution in [0.15, 0.2) is 42.6 Å². The first-order valence-electron chi connectivity index (χ1n) is 8.20. The molecule has 1 saturated heterocycles. The van der Waals surface area contributed by atoms with Gasteiger partial charge in [-0.05, 0) is 26.2 Å². The van der Waals surface area contributed by atoms with Crippen molar-refractivity contribution in [3.63, 3.8) is 0 Å². The molecule has 2 aromatic rings. The van der Waals surface area contributed by atoms with Crippen LogP contribution in [0.2, 0.25) is 0 Å². The average Bonchev–Trinajstić information content (AvgIpc) is 2.59. The van der Waals surface area contributed by atoms with Gasteiger partial charge in [-0.25, -0.2) is 0 Å². The number of hydrogen-bond donors (Lipinski definition) is 0. The molecule has 2 heterocycles. The average molecular weight is 325 g/mol. The number of morpholine rings is 1. The molecule has 1 amide bonds. The first-order valence-corrected chi connectivity index (χ1v) is 8.20. The first-order chi connectivity index (χ1) is 11.6. The van der Waals surface area contributed by atoms with E-state index in [4.69, 9.17) is 4.74 Å². The SMILES string of the molecule is CN(C)CC1CN(C(=O)/C=C/c2cccc3cccnc23)CCO1. The van der Waals surface area contributed by atoms with Crippen LogP contribution < -0.4 is 0 Å². The molecule has 0 aliphatic carbocycles. The third-order valence-corrected chi connectivity index (χ3v) is 4.09. The fourth-order valence-corrected chi connectivity index (χ4v) is 2.97. The van der Waals surface area contributed by atoms with E-state index in [2.05, 4.69) is 9.88 Å². The van der Waals surface area contributed by atoms with Crippen molar-refractivity contribution in [1.82, 2.24) is 14.8 Å². The van der Waals surface area contributed by atoms with Crippen molar-refractivity contribution < 1.29 is 9.53 Å². The Morgan fingerprint density at radius 2 is 2.21 bits per heavy atom. The summed E-state index contributed by atoms with van der Waals surface area (Å²) in [6, 6.07) is 9.92. The number of aromatic nitrogens is 1. The van der Waals surface area contributed by atoms with Crippen molar-refractivity contribution in [2.75, 3.05) is 40.3 Å². The summed E-state index contributed by atoms with van der Waals surface area (Å²) in [6.45, 7) is 2.69. The molecule has 0 radical (unpaired) electrons. The van der Waals surface area contributed by atoms with Crippen molar-refractivity contribution in [1.29, 1.82) is 0 Å². The van der Waals surface area contributed by atoms with Crippen LogP contribution in [0.25, 0.3) is 17.0 Å². The number of hydrogen-bond acceptors (Lipinski definition) is 4. The summed E-state index contributed by atoms with van der Waals surface area (Å²) in [4.78, 5) is 20.8. The Hall–Kier alpha value is -2.24. The largest absolute Gasteiger partial charge is 0.373 e. The van der Waals surface area contributed by atoms with Gasteiger partial charge in [-0.2, -0.15) is 0 Å². The third-order valence-electron chi connectivity index (χ3n) is 4.09. The second-order valence-corrected chi connectivity index (χ2v) is 6.29. The summed E-state index contributed by atoms with van der Waals surface area (Å²) in [5.74, 6) is 0.0231. The number of likely N-dealkylation sites (N-methyl/N-ethyl adjacent to an activating group) is 1. The van der Waals surface area contributed by atoms with Crippen molar-refractivity contribution in [3.05, 3.63) is 48.2 Å². The van der Waals surface area contributed by atoms with Crippen LogP contribution in [0.3, 0.4) is 0 Å². The number of rotatable bonds is 4. The fraction of sp³-hybridized carbons (Fsp3) is 0.368. The number of amides is 1. The fourth-order valence-electron chi connectivity index (χ4n) is 2.97. The molecular weight excluding hydrogens is 302 g/mol. The van der Waals surface area contributed by atoms with Gasteiger partial charge in [-0.1, -0.05) is 24.3 Å². The van der Waals surface area contributed by atoms with E-state index in [0.717, 1.165) is 23.0 Å². The van der Waals surface area contributed by atoms with Crippen LogP contribution in [-0.2, 0) is 9.53 Å². The van der Waals surface area contributed by atoms with E-state index >= 15 is 0 Å². The molecule has 1 aliphatic rings. The van der Waals surface area contributed by atoms with Crippen LogP contribution in [0.4, 0.5) is 0 Å². The van der Waals surface area contributed by atoms with Crippen LogP contribution in [0, 0.1) is 0 Å². The molecule has 1 fully saturated rings. The zero-order valence-electron chi connectivity index (χ0n) is 14.2. The van der Waals surface area contributed by atoms with E-state index in [-0.39, 0.29) is 12.0 Å². The topological polar surface area (TPSA) is 45.7 Å². The highest BCUT2D eigenvalue weighted by atomic mass is 16.5. The standard InChI is InChI=1S/C19H23N3O2/c1-21(2)13-17-14-22(11-12-24-17)18(23)9-8-16-6-3-5-15-7-4-10-20-19(15)16/h3-10,17H,11-14H2,1-2H3/b9-8+. The zero-order chi connectivity index (χ0) is 16.9. The monoisotopic (exact) mass is 325 g/mol. The van der Waals surface area contributed by atoms with Gasteiger partial charge >= 0.3 is 0 Å². The summed E-state index contributed by atoms with van der Waals surface area (Å²) >= 11 is 0. The van der Waals surface area contributed by atoms with Gasteiger partial charge < -0.3 is 14.5 Å². The molecule has 1 atom stereocenters. The lowest BCUT2D eigenvalue weighted by Gasteiger charge is -2.33. The predicted octanol–water partition coefficient (Wildman–Crippen LogP) is 2.04. The molecule has 5 heteroatoms. The molecule has 1 aromatic heterocycles. The molecule has 24 heavy (non-hydrogen) atoms. The number of ether oxygens (including phenoxy) is 1. The Bertz CT molecular complexity index is 737. The van der Waals surface area contributed by atoms with E-state index in [9.17, 15) is 4.79 Å². The van der Waals surface area contributed by atoms with Gasteiger partial charge in [-0.15, -0.1) is 0 Å². The first kappa shape index (κ1) is 16.6. The number of benzene rings is 1. The molecule has 1 aromatic carbocycles. The number of pyridine rings is 1. The van der Waals surface area contributed by atoms with Gasteiger partial charge in [-0.3, -0.25) is 9.78 Å². The van der Waals surface area contributed by atoms with Crippen LogP contribution >= 0.6 is 0 Å². The highest BCUT2D eigenvalue weighted by Crippen LogP contribution is 2.17. The normalized spacial score (nSPS) is 18.6. The smallest absolute Gasteiger partial charge is 0.246 e. The van der Waals surface area contributed by atoms with E-state index in [1.54, 1.807) is 12.3 Å². The molecule has 0 spiro atoms. The summed E-state index contributed by atoms with van der Waals surface area (Å²) < 4.78 is 5.72. The van der Waals surface area contributed by atoms with E-state index in [1.165, 1.54) is 0 Å². The van der Waals surface area contributed by atoms with Crippen LogP contribution in [0.1, 0.15) is 5.56 Å². The number of nitrogens with zero attached hydrogens (tertiary/aromatic N) is 3. The molecular formula is C19H23N3O2. The maximum atomic E-state index is 12.5. The number of fused-ring (bicyclic) bond motifs is 1. The third kappa shape index (κ3) is 3.99. The molecule has 1 aliphatic heterocycles. The second kappa shape index (κ2) is 7.55. The highest BCUT2D eigenvalue weighted by Gasteiger charge is 2.23. The van der Waals surface area contributed by atoms with E-state index in [1.807, 2.05) is 55.4 Å². The lowest BCUT2D eigenvalue weighted by molar-refractivity contribution is -0.133. The Balaban J connectivity index is 1.70. The van der Waals surface area contributed by atoms with Gasteiger partial charge in [0.15, 0.2) is 0 Å². The van der Waals surface area contributed by atoms with E-state index in [0.29, 0.717) is 19.7 Å². The number of carbonyl (C=O) groups is 1. The summed E-state index contributed by atoms with van der Waals surface area (Å²) in [5, 5.41) is 1.07. The predicted molar refractivity (Wildman–Crippen MR) is 95.7 cm³/mol. The Labute approximate surface area is 142 Å². The zero-order valence-corrected chi connectivity index (χ0v) is 14.2. The number of carbonyl (C=O) groups excluding carboxylic acids is 1. The molecule has 0 N–H and O–H groups in total. The molecule has 126 valence electrons. The van der Waals surface area contributed by atoms with Crippen molar-refractivity contribution in [2.24, 2.45) is 0 Å². The van der Waals surface area contributed by atoms with Gasteiger partial charge in [0, 0.05) is 42.9 Å². The van der Waals surface area contributed by atoms with Crippen molar-refractivity contribution in [2.45, 2.75) is 6.10 Å². The lowest BCUT2D eigenvalue weighted by Crippen LogP contribution is -2.48. The van der Waals surface area contributed by atoms with Crippen LogP contribution in [0.5, 0.6) is 0 Å². The van der Waals surface area contributed by atoms with E-state index < -0.39 is 0 Å². The van der Waals surface area contributed by atoms with Crippen LogP contribution in [-0.4, -0.2) is 67.1 Å². The van der Waals surface area contributed by atoms with Crippen molar-refractivity contribution >= 4 is 22.9 Å². The van der Waals surface area contributed by atoms with Gasteiger partial charge in [0.1, 0.15) is 0 Å². The van der Waals surface area contributed by atoms with Gasteiger partial charge in [0.05, 0.1) is 18.2 Å². The Morgan fingerprint density at radius 1 is 1.38 bits per heavy atom. The molecule has 5 nitrogen and oxygen atoms in total. The maximum absolute atomic E-state index is 12.5. The minimum absolute atomic E-state index is 0.0231.